The zero-order valence-corrected chi connectivity index (χ0v) is 10.6. The largest absolute Gasteiger partial charge is 0.375 e. The van der Waals surface area contributed by atoms with Crippen LogP contribution in [0.3, 0.4) is 0 Å². The van der Waals surface area contributed by atoms with E-state index in [1.807, 2.05) is 25.1 Å². The molecule has 0 unspecified atom stereocenters. The average molecular weight is 254 g/mol. The third-order valence-corrected chi connectivity index (χ3v) is 3.59. The van der Waals surface area contributed by atoms with Crippen LogP contribution in [0.1, 0.15) is 27.3 Å². The van der Waals surface area contributed by atoms with Crippen molar-refractivity contribution in [2.45, 2.75) is 13.3 Å². The van der Waals surface area contributed by atoms with Crippen LogP contribution in [-0.2, 0) is 6.42 Å². The molecule has 0 spiro atoms. The van der Waals surface area contributed by atoms with Gasteiger partial charge in [0.1, 0.15) is 12.1 Å². The summed E-state index contributed by atoms with van der Waals surface area (Å²) in [4.78, 5) is 5.25. The van der Waals surface area contributed by atoms with Gasteiger partial charge in [-0.1, -0.05) is 6.07 Å². The number of hydrogen-bond donors (Lipinski definition) is 1. The van der Waals surface area contributed by atoms with Gasteiger partial charge in [0, 0.05) is 11.3 Å². The summed E-state index contributed by atoms with van der Waals surface area (Å²) in [6, 6.07) is 9.31. The Labute approximate surface area is 109 Å². The summed E-state index contributed by atoms with van der Waals surface area (Å²) in [6.45, 7) is 1.91. The van der Waals surface area contributed by atoms with Crippen molar-refractivity contribution in [2.24, 2.45) is 0 Å². The number of anilines is 1. The Morgan fingerprint density at radius 2 is 2.00 bits per heavy atom. The van der Waals surface area contributed by atoms with E-state index in [0.717, 1.165) is 16.1 Å². The number of rotatable bonds is 2. The summed E-state index contributed by atoms with van der Waals surface area (Å²) in [6.07, 6.45) is 0.682. The molecule has 5 heteroatoms. The molecule has 0 saturated heterocycles. The molecule has 0 fully saturated rings. The van der Waals surface area contributed by atoms with Gasteiger partial charge in [-0.15, -0.1) is 11.3 Å². The molecule has 88 valence electrons. The topological polar surface area (TPSA) is 86.5 Å². The highest BCUT2D eigenvalue weighted by molar-refractivity contribution is 7.15. The Morgan fingerprint density at radius 3 is 2.56 bits per heavy atom. The Morgan fingerprint density at radius 1 is 1.28 bits per heavy atom. The molecular weight excluding hydrogens is 244 g/mol. The maximum Gasteiger partial charge on any atom is 0.180 e. The summed E-state index contributed by atoms with van der Waals surface area (Å²) in [7, 11) is 0. The fourth-order valence-corrected chi connectivity index (χ4v) is 2.56. The number of thiazole rings is 1. The van der Waals surface area contributed by atoms with Crippen LogP contribution in [-0.4, -0.2) is 4.98 Å². The SMILES string of the molecule is Cc1nc(N)sc1Cc1ccc(C#N)c(C#N)c1. The lowest BCUT2D eigenvalue weighted by Crippen LogP contribution is -1.91. The molecule has 2 aromatic rings. The minimum absolute atomic E-state index is 0.404. The Balaban J connectivity index is 2.34. The first kappa shape index (κ1) is 12.1. The van der Waals surface area contributed by atoms with E-state index in [9.17, 15) is 0 Å². The van der Waals surface area contributed by atoms with Crippen molar-refractivity contribution in [3.05, 3.63) is 45.5 Å². The third-order valence-electron chi connectivity index (χ3n) is 2.60. The smallest absolute Gasteiger partial charge is 0.180 e. The minimum Gasteiger partial charge on any atom is -0.375 e. The fourth-order valence-electron chi connectivity index (χ4n) is 1.69. The molecule has 1 heterocycles. The van der Waals surface area contributed by atoms with Crippen molar-refractivity contribution in [3.8, 4) is 12.1 Å². The molecule has 1 aromatic heterocycles. The van der Waals surface area contributed by atoms with Crippen LogP contribution >= 0.6 is 11.3 Å². The van der Waals surface area contributed by atoms with Gasteiger partial charge in [0.2, 0.25) is 0 Å². The van der Waals surface area contributed by atoms with E-state index in [2.05, 4.69) is 4.98 Å². The molecular formula is C13H10N4S. The van der Waals surface area contributed by atoms with Crippen LogP contribution in [0.25, 0.3) is 0 Å². The lowest BCUT2D eigenvalue weighted by Gasteiger charge is -2.01. The van der Waals surface area contributed by atoms with Gasteiger partial charge in [0.15, 0.2) is 5.13 Å². The Bertz CT molecular complexity index is 673. The number of nitrogen functional groups attached to an aromatic ring is 1. The van der Waals surface area contributed by atoms with Crippen molar-refractivity contribution in [1.82, 2.24) is 4.98 Å². The van der Waals surface area contributed by atoms with Gasteiger partial charge in [-0.3, -0.25) is 0 Å². The molecule has 4 nitrogen and oxygen atoms in total. The van der Waals surface area contributed by atoms with Crippen LogP contribution in [0.15, 0.2) is 18.2 Å². The molecule has 0 bridgehead atoms. The lowest BCUT2D eigenvalue weighted by atomic mass is 10.0. The monoisotopic (exact) mass is 254 g/mol. The summed E-state index contributed by atoms with van der Waals surface area (Å²) in [5.74, 6) is 0. The minimum atomic E-state index is 0.404. The number of nitrogens with two attached hydrogens (primary N) is 1. The molecule has 18 heavy (non-hydrogen) atoms. The first-order valence-electron chi connectivity index (χ1n) is 5.29. The maximum absolute atomic E-state index is 8.97. The van der Waals surface area contributed by atoms with Crippen molar-refractivity contribution < 1.29 is 0 Å². The van der Waals surface area contributed by atoms with E-state index in [1.165, 1.54) is 11.3 Å². The average Bonchev–Trinajstić information content (AvgIpc) is 2.67. The molecule has 2 rings (SSSR count). The third kappa shape index (κ3) is 2.32. The number of nitriles is 2. The molecule has 0 radical (unpaired) electrons. The summed E-state index contributed by atoms with van der Waals surface area (Å²) < 4.78 is 0. The van der Waals surface area contributed by atoms with Crippen LogP contribution in [0.2, 0.25) is 0 Å². The van der Waals surface area contributed by atoms with Gasteiger partial charge in [-0.2, -0.15) is 10.5 Å². The number of hydrogen-bond acceptors (Lipinski definition) is 5. The molecule has 0 aliphatic rings. The highest BCUT2D eigenvalue weighted by Crippen LogP contribution is 2.23. The molecule has 0 aliphatic heterocycles. The highest BCUT2D eigenvalue weighted by atomic mass is 32.1. The molecule has 1 aromatic carbocycles. The van der Waals surface area contributed by atoms with E-state index in [0.29, 0.717) is 22.7 Å². The zero-order valence-electron chi connectivity index (χ0n) is 9.77. The number of benzene rings is 1. The van der Waals surface area contributed by atoms with Crippen LogP contribution in [0, 0.1) is 29.6 Å². The predicted octanol–water partition coefficient (Wildman–Crippen LogP) is 2.37. The normalized spacial score (nSPS) is 9.72. The van der Waals surface area contributed by atoms with Gasteiger partial charge in [-0.05, 0) is 24.6 Å². The van der Waals surface area contributed by atoms with Crippen LogP contribution in [0.4, 0.5) is 5.13 Å². The van der Waals surface area contributed by atoms with Crippen LogP contribution in [0.5, 0.6) is 0 Å². The maximum atomic E-state index is 8.97. The second-order valence-electron chi connectivity index (χ2n) is 3.84. The Hall–Kier alpha value is -2.37. The quantitative estimate of drug-likeness (QED) is 0.891. The zero-order chi connectivity index (χ0) is 13.1. The second kappa shape index (κ2) is 4.87. The predicted molar refractivity (Wildman–Crippen MR) is 69.9 cm³/mol. The van der Waals surface area contributed by atoms with Crippen molar-refractivity contribution >= 4 is 16.5 Å². The standard InChI is InChI=1S/C13H10N4S/c1-8-12(18-13(16)17-8)5-9-2-3-10(6-14)11(4-9)7-15/h2-4H,5H2,1H3,(H2,16,17). The highest BCUT2D eigenvalue weighted by Gasteiger charge is 2.08. The van der Waals surface area contributed by atoms with E-state index >= 15 is 0 Å². The molecule has 0 amide bonds. The van der Waals surface area contributed by atoms with E-state index in [1.54, 1.807) is 12.1 Å². The number of aromatic nitrogens is 1. The van der Waals surface area contributed by atoms with Crippen molar-refractivity contribution in [1.29, 1.82) is 10.5 Å². The molecule has 0 aliphatic carbocycles. The fraction of sp³-hybridized carbons (Fsp3) is 0.154. The van der Waals surface area contributed by atoms with E-state index in [-0.39, 0.29) is 0 Å². The van der Waals surface area contributed by atoms with Crippen LogP contribution < -0.4 is 5.73 Å². The lowest BCUT2D eigenvalue weighted by molar-refractivity contribution is 1.15. The first-order valence-corrected chi connectivity index (χ1v) is 6.10. The second-order valence-corrected chi connectivity index (χ2v) is 4.96. The molecule has 2 N–H and O–H groups in total. The molecule has 0 saturated carbocycles. The summed E-state index contributed by atoms with van der Waals surface area (Å²) in [5.41, 5.74) is 8.36. The van der Waals surface area contributed by atoms with E-state index in [4.69, 9.17) is 16.3 Å². The van der Waals surface area contributed by atoms with Crippen molar-refractivity contribution in [3.63, 3.8) is 0 Å². The number of nitrogens with zero attached hydrogens (tertiary/aromatic N) is 3. The Kier molecular flexibility index (Phi) is 3.27. The van der Waals surface area contributed by atoms with Gasteiger partial charge in [-0.25, -0.2) is 4.98 Å². The molecule has 0 atom stereocenters. The summed E-state index contributed by atoms with van der Waals surface area (Å²) in [5, 5.41) is 18.4. The summed E-state index contributed by atoms with van der Waals surface area (Å²) >= 11 is 1.45. The van der Waals surface area contributed by atoms with Gasteiger partial charge < -0.3 is 5.73 Å². The van der Waals surface area contributed by atoms with E-state index < -0.39 is 0 Å². The number of aryl methyl sites for hydroxylation is 1. The van der Waals surface area contributed by atoms with Gasteiger partial charge in [0.05, 0.1) is 16.8 Å². The van der Waals surface area contributed by atoms with Gasteiger partial charge in [0.25, 0.3) is 0 Å². The van der Waals surface area contributed by atoms with Gasteiger partial charge >= 0.3 is 0 Å². The van der Waals surface area contributed by atoms with Crippen molar-refractivity contribution in [2.75, 3.05) is 5.73 Å². The first-order chi connectivity index (χ1) is 8.63.